The van der Waals surface area contributed by atoms with Crippen LogP contribution in [0.4, 0.5) is 0 Å². The third-order valence-electron chi connectivity index (χ3n) is 5.82. The Kier molecular flexibility index (Phi) is 5.02. The molecule has 1 aliphatic heterocycles. The Bertz CT molecular complexity index is 1110. The number of nitrogens with zero attached hydrogens (tertiary/aromatic N) is 3. The maximum absolute atomic E-state index is 13.1. The minimum Gasteiger partial charge on any atom is -0.328 e. The first-order valence-electron chi connectivity index (χ1n) is 9.85. The summed E-state index contributed by atoms with van der Waals surface area (Å²) in [6.07, 6.45) is 1.74. The average Bonchev–Trinajstić information content (AvgIpc) is 2.99. The molecule has 6 heteroatoms. The molecule has 5 nitrogen and oxygen atoms in total. The van der Waals surface area contributed by atoms with Crippen molar-refractivity contribution in [3.63, 3.8) is 0 Å². The SMILES string of the molecule is Cc1ccc(C)c(S(=O)(=O)N2CCC(Cn3c(C)nc4ccccc43)CC2)c1. The monoisotopic (exact) mass is 397 g/mol. The minimum absolute atomic E-state index is 0.447. The van der Waals surface area contributed by atoms with Crippen LogP contribution in [-0.4, -0.2) is 35.4 Å². The number of hydrogen-bond donors (Lipinski definition) is 0. The topological polar surface area (TPSA) is 55.2 Å². The molecule has 1 saturated heterocycles. The van der Waals surface area contributed by atoms with Gasteiger partial charge in [0.15, 0.2) is 0 Å². The minimum atomic E-state index is -3.43. The fourth-order valence-electron chi connectivity index (χ4n) is 4.14. The molecule has 0 N–H and O–H groups in total. The summed E-state index contributed by atoms with van der Waals surface area (Å²) in [6.45, 7) is 7.89. The van der Waals surface area contributed by atoms with Crippen LogP contribution in [-0.2, 0) is 16.6 Å². The molecule has 1 aromatic heterocycles. The van der Waals surface area contributed by atoms with E-state index >= 15 is 0 Å². The van der Waals surface area contributed by atoms with E-state index < -0.39 is 10.0 Å². The van der Waals surface area contributed by atoms with E-state index in [4.69, 9.17) is 0 Å². The fraction of sp³-hybridized carbons (Fsp3) is 0.409. The Morgan fingerprint density at radius 3 is 2.50 bits per heavy atom. The predicted octanol–water partition coefficient (Wildman–Crippen LogP) is 4.06. The van der Waals surface area contributed by atoms with E-state index in [1.165, 1.54) is 0 Å². The summed E-state index contributed by atoms with van der Waals surface area (Å²) in [5, 5.41) is 0. The highest BCUT2D eigenvalue weighted by atomic mass is 32.2. The molecule has 0 spiro atoms. The molecule has 0 unspecified atom stereocenters. The van der Waals surface area contributed by atoms with Gasteiger partial charge in [0.1, 0.15) is 5.82 Å². The Hall–Kier alpha value is -2.18. The van der Waals surface area contributed by atoms with Crippen molar-refractivity contribution in [1.82, 2.24) is 13.9 Å². The highest BCUT2D eigenvalue weighted by molar-refractivity contribution is 7.89. The number of piperidine rings is 1. The lowest BCUT2D eigenvalue weighted by Gasteiger charge is -2.32. The van der Waals surface area contributed by atoms with Crippen LogP contribution in [0.2, 0.25) is 0 Å². The van der Waals surface area contributed by atoms with Crippen molar-refractivity contribution < 1.29 is 8.42 Å². The third kappa shape index (κ3) is 3.47. The van der Waals surface area contributed by atoms with Crippen LogP contribution >= 0.6 is 0 Å². The molecule has 0 amide bonds. The van der Waals surface area contributed by atoms with Crippen molar-refractivity contribution in [2.45, 2.75) is 45.1 Å². The van der Waals surface area contributed by atoms with E-state index in [1.807, 2.05) is 51.1 Å². The normalized spacial score (nSPS) is 16.7. The first-order valence-corrected chi connectivity index (χ1v) is 11.3. The van der Waals surface area contributed by atoms with Crippen LogP contribution in [0, 0.1) is 26.7 Å². The Labute approximate surface area is 167 Å². The maximum atomic E-state index is 13.1. The summed E-state index contributed by atoms with van der Waals surface area (Å²) >= 11 is 0. The number of fused-ring (bicyclic) bond motifs is 1. The number of rotatable bonds is 4. The third-order valence-corrected chi connectivity index (χ3v) is 7.86. The van der Waals surface area contributed by atoms with Gasteiger partial charge in [0.05, 0.1) is 15.9 Å². The highest BCUT2D eigenvalue weighted by Crippen LogP contribution is 2.28. The summed E-state index contributed by atoms with van der Waals surface area (Å²) in [7, 11) is -3.43. The predicted molar refractivity (Wildman–Crippen MR) is 112 cm³/mol. The zero-order valence-corrected chi connectivity index (χ0v) is 17.5. The molecule has 4 rings (SSSR count). The van der Waals surface area contributed by atoms with Crippen molar-refractivity contribution in [3.8, 4) is 0 Å². The largest absolute Gasteiger partial charge is 0.328 e. The van der Waals surface area contributed by atoms with Crippen LogP contribution in [0.5, 0.6) is 0 Å². The molecule has 0 saturated carbocycles. The van der Waals surface area contributed by atoms with E-state index in [-0.39, 0.29) is 0 Å². The van der Waals surface area contributed by atoms with E-state index in [0.717, 1.165) is 47.4 Å². The van der Waals surface area contributed by atoms with Crippen LogP contribution in [0.3, 0.4) is 0 Å². The second-order valence-corrected chi connectivity index (χ2v) is 9.78. The lowest BCUT2D eigenvalue weighted by molar-refractivity contribution is 0.253. The second kappa shape index (κ2) is 7.33. The van der Waals surface area contributed by atoms with Gasteiger partial charge in [-0.25, -0.2) is 13.4 Å². The highest BCUT2D eigenvalue weighted by Gasteiger charge is 2.30. The molecule has 3 aromatic rings. The maximum Gasteiger partial charge on any atom is 0.243 e. The van der Waals surface area contributed by atoms with Crippen LogP contribution in [0.25, 0.3) is 11.0 Å². The van der Waals surface area contributed by atoms with Gasteiger partial charge in [0.2, 0.25) is 10.0 Å². The number of para-hydroxylation sites is 2. The molecular formula is C22H27N3O2S. The second-order valence-electron chi connectivity index (χ2n) is 7.87. The Morgan fingerprint density at radius 1 is 1.04 bits per heavy atom. The lowest BCUT2D eigenvalue weighted by atomic mass is 9.98. The summed E-state index contributed by atoms with van der Waals surface area (Å²) in [5.74, 6) is 1.48. The molecule has 1 aliphatic rings. The summed E-state index contributed by atoms with van der Waals surface area (Å²) in [5.41, 5.74) is 3.97. The number of imidazole rings is 1. The first-order chi connectivity index (χ1) is 13.4. The molecule has 0 bridgehead atoms. The number of aromatic nitrogens is 2. The van der Waals surface area contributed by atoms with Crippen molar-refractivity contribution in [3.05, 3.63) is 59.4 Å². The molecular weight excluding hydrogens is 370 g/mol. The quantitative estimate of drug-likeness (QED) is 0.667. The first kappa shape index (κ1) is 19.2. The van der Waals surface area contributed by atoms with Gasteiger partial charge in [0.25, 0.3) is 0 Å². The number of sulfonamides is 1. The van der Waals surface area contributed by atoms with Gasteiger partial charge in [-0.2, -0.15) is 4.31 Å². The summed E-state index contributed by atoms with van der Waals surface area (Å²) in [6, 6.07) is 13.8. The van der Waals surface area contributed by atoms with Crippen LogP contribution < -0.4 is 0 Å². The molecule has 2 aromatic carbocycles. The summed E-state index contributed by atoms with van der Waals surface area (Å²) in [4.78, 5) is 5.09. The fourth-order valence-corrected chi connectivity index (χ4v) is 5.92. The number of benzene rings is 2. The van der Waals surface area contributed by atoms with E-state index in [0.29, 0.717) is 23.9 Å². The van der Waals surface area contributed by atoms with Crippen molar-refractivity contribution in [2.75, 3.05) is 13.1 Å². The Balaban J connectivity index is 1.49. The van der Waals surface area contributed by atoms with Crippen LogP contribution in [0.1, 0.15) is 29.8 Å². The standard InChI is InChI=1S/C22H27N3O2S/c1-16-8-9-17(2)22(14-16)28(26,27)24-12-10-19(11-13-24)15-25-18(3)23-20-6-4-5-7-21(20)25/h4-9,14,19H,10-13,15H2,1-3H3. The van der Waals surface area contributed by atoms with Gasteiger partial charge in [-0.1, -0.05) is 24.3 Å². The van der Waals surface area contributed by atoms with Gasteiger partial charge in [-0.05, 0) is 68.9 Å². The number of aryl methyl sites for hydroxylation is 3. The van der Waals surface area contributed by atoms with Gasteiger partial charge in [-0.15, -0.1) is 0 Å². The van der Waals surface area contributed by atoms with Gasteiger partial charge in [0, 0.05) is 19.6 Å². The van der Waals surface area contributed by atoms with E-state index in [1.54, 1.807) is 10.4 Å². The zero-order chi connectivity index (χ0) is 19.9. The van der Waals surface area contributed by atoms with E-state index in [9.17, 15) is 8.42 Å². The molecule has 0 atom stereocenters. The van der Waals surface area contributed by atoms with Gasteiger partial charge in [-0.3, -0.25) is 0 Å². The molecule has 1 fully saturated rings. The molecule has 2 heterocycles. The van der Waals surface area contributed by atoms with Crippen LogP contribution in [0.15, 0.2) is 47.4 Å². The van der Waals surface area contributed by atoms with Crippen molar-refractivity contribution in [2.24, 2.45) is 5.92 Å². The molecule has 0 aliphatic carbocycles. The molecule has 0 radical (unpaired) electrons. The summed E-state index contributed by atoms with van der Waals surface area (Å²) < 4.78 is 30.2. The van der Waals surface area contributed by atoms with E-state index in [2.05, 4.69) is 15.6 Å². The molecule has 148 valence electrons. The Morgan fingerprint density at radius 2 is 1.75 bits per heavy atom. The zero-order valence-electron chi connectivity index (χ0n) is 16.7. The average molecular weight is 398 g/mol. The smallest absolute Gasteiger partial charge is 0.243 e. The molecule has 28 heavy (non-hydrogen) atoms. The van der Waals surface area contributed by atoms with Crippen molar-refractivity contribution in [1.29, 1.82) is 0 Å². The van der Waals surface area contributed by atoms with Gasteiger partial charge >= 0.3 is 0 Å². The number of hydrogen-bond acceptors (Lipinski definition) is 3. The van der Waals surface area contributed by atoms with Crippen molar-refractivity contribution >= 4 is 21.1 Å². The lowest BCUT2D eigenvalue weighted by Crippen LogP contribution is -2.39. The van der Waals surface area contributed by atoms with Gasteiger partial charge < -0.3 is 4.57 Å².